The van der Waals surface area contributed by atoms with Gasteiger partial charge in [-0.15, -0.1) is 0 Å². The van der Waals surface area contributed by atoms with Crippen LogP contribution < -0.4 is 14.8 Å². The molecule has 0 bridgehead atoms. The fraction of sp³-hybridized carbons (Fsp3) is 0.136. The predicted octanol–water partition coefficient (Wildman–Crippen LogP) is 5.28. The Hall–Kier alpha value is -3.18. The molecule has 3 aromatic rings. The molecule has 6 heteroatoms. The summed E-state index contributed by atoms with van der Waals surface area (Å²) in [7, 11) is 0. The first-order valence-electron chi connectivity index (χ1n) is 8.80. The average Bonchev–Trinajstić information content (AvgIpc) is 2.68. The van der Waals surface area contributed by atoms with E-state index in [4.69, 9.17) is 21.1 Å². The maximum atomic E-state index is 12.6. The van der Waals surface area contributed by atoms with Gasteiger partial charge in [-0.1, -0.05) is 48.0 Å². The number of hydrogen-bond acceptors (Lipinski definition) is 4. The molecule has 0 spiro atoms. The third kappa shape index (κ3) is 4.96. The number of halogens is 1. The minimum absolute atomic E-state index is 0.0653. The largest absolute Gasteiger partial charge is 0.508 e. The Morgan fingerprint density at radius 2 is 1.82 bits per heavy atom. The molecule has 0 atom stereocenters. The van der Waals surface area contributed by atoms with Gasteiger partial charge in [0.25, 0.3) is 5.91 Å². The molecule has 0 saturated heterocycles. The van der Waals surface area contributed by atoms with Crippen molar-refractivity contribution < 1.29 is 19.4 Å². The molecule has 0 aliphatic rings. The monoisotopic (exact) mass is 397 g/mol. The highest BCUT2D eigenvalue weighted by Crippen LogP contribution is 2.37. The van der Waals surface area contributed by atoms with Crippen LogP contribution in [0.1, 0.15) is 22.8 Å². The number of ether oxygens (including phenoxy) is 2. The molecule has 0 saturated carbocycles. The first-order valence-corrected chi connectivity index (χ1v) is 9.18. The normalized spacial score (nSPS) is 10.4. The van der Waals surface area contributed by atoms with Crippen molar-refractivity contribution in [3.63, 3.8) is 0 Å². The third-order valence-corrected chi connectivity index (χ3v) is 4.18. The molecule has 0 aromatic heterocycles. The van der Waals surface area contributed by atoms with Gasteiger partial charge in [0, 0.05) is 17.3 Å². The van der Waals surface area contributed by atoms with E-state index in [0.29, 0.717) is 36.0 Å². The second-order valence-electron chi connectivity index (χ2n) is 6.00. The van der Waals surface area contributed by atoms with Crippen LogP contribution in [0.2, 0.25) is 5.02 Å². The number of benzene rings is 3. The van der Waals surface area contributed by atoms with Crippen molar-refractivity contribution in [2.24, 2.45) is 0 Å². The summed E-state index contributed by atoms with van der Waals surface area (Å²) in [4.78, 5) is 12.6. The SMILES string of the molecule is CCOc1cc(C(=O)Nc2cccc(O)c2)cc(Cl)c1OCc1ccccc1. The lowest BCUT2D eigenvalue weighted by Crippen LogP contribution is -2.12. The summed E-state index contributed by atoms with van der Waals surface area (Å²) in [6, 6.07) is 19.1. The summed E-state index contributed by atoms with van der Waals surface area (Å²) >= 11 is 6.38. The van der Waals surface area contributed by atoms with Crippen molar-refractivity contribution in [2.45, 2.75) is 13.5 Å². The average molecular weight is 398 g/mol. The van der Waals surface area contributed by atoms with Gasteiger partial charge in [-0.25, -0.2) is 0 Å². The Bertz CT molecular complexity index is 960. The summed E-state index contributed by atoms with van der Waals surface area (Å²) < 4.78 is 11.5. The highest BCUT2D eigenvalue weighted by molar-refractivity contribution is 6.32. The molecule has 2 N–H and O–H groups in total. The maximum absolute atomic E-state index is 12.6. The van der Waals surface area contributed by atoms with E-state index in [-0.39, 0.29) is 16.7 Å². The van der Waals surface area contributed by atoms with E-state index in [9.17, 15) is 9.90 Å². The summed E-state index contributed by atoms with van der Waals surface area (Å²) in [5.41, 5.74) is 1.79. The molecule has 28 heavy (non-hydrogen) atoms. The summed E-state index contributed by atoms with van der Waals surface area (Å²) in [6.45, 7) is 2.57. The fourth-order valence-corrected chi connectivity index (χ4v) is 2.88. The van der Waals surface area contributed by atoms with E-state index >= 15 is 0 Å². The zero-order valence-corrected chi connectivity index (χ0v) is 16.1. The van der Waals surface area contributed by atoms with E-state index in [1.165, 1.54) is 18.2 Å². The molecule has 144 valence electrons. The summed E-state index contributed by atoms with van der Waals surface area (Å²) in [5.74, 6) is 0.479. The van der Waals surface area contributed by atoms with Gasteiger partial charge in [-0.3, -0.25) is 4.79 Å². The van der Waals surface area contributed by atoms with Crippen molar-refractivity contribution in [3.8, 4) is 17.2 Å². The van der Waals surface area contributed by atoms with Crippen molar-refractivity contribution >= 4 is 23.2 Å². The molecular weight excluding hydrogens is 378 g/mol. The predicted molar refractivity (Wildman–Crippen MR) is 109 cm³/mol. The lowest BCUT2D eigenvalue weighted by molar-refractivity contribution is 0.102. The van der Waals surface area contributed by atoms with Gasteiger partial charge in [-0.05, 0) is 36.8 Å². The summed E-state index contributed by atoms with van der Waals surface area (Å²) in [6.07, 6.45) is 0. The Morgan fingerprint density at radius 3 is 2.54 bits per heavy atom. The van der Waals surface area contributed by atoms with Gasteiger partial charge in [0.1, 0.15) is 12.4 Å². The molecular formula is C22H20ClNO4. The smallest absolute Gasteiger partial charge is 0.255 e. The third-order valence-electron chi connectivity index (χ3n) is 3.90. The fourth-order valence-electron chi connectivity index (χ4n) is 2.62. The second kappa shape index (κ2) is 9.15. The Morgan fingerprint density at radius 1 is 1.04 bits per heavy atom. The van der Waals surface area contributed by atoms with E-state index in [1.54, 1.807) is 18.2 Å². The Labute approximate surface area is 168 Å². The number of phenolic OH excluding ortho intramolecular Hbond substituents is 1. The van der Waals surface area contributed by atoms with E-state index < -0.39 is 0 Å². The van der Waals surface area contributed by atoms with Crippen molar-refractivity contribution in [1.29, 1.82) is 0 Å². The van der Waals surface area contributed by atoms with E-state index in [0.717, 1.165) is 5.56 Å². The van der Waals surface area contributed by atoms with Crippen LogP contribution >= 0.6 is 11.6 Å². The number of carbonyl (C=O) groups excluding carboxylic acids is 1. The van der Waals surface area contributed by atoms with Crippen LogP contribution in [-0.2, 0) is 6.61 Å². The lowest BCUT2D eigenvalue weighted by Gasteiger charge is -2.15. The van der Waals surface area contributed by atoms with Crippen LogP contribution in [0.4, 0.5) is 5.69 Å². The zero-order chi connectivity index (χ0) is 19.9. The van der Waals surface area contributed by atoms with Crippen LogP contribution in [0.15, 0.2) is 66.7 Å². The minimum Gasteiger partial charge on any atom is -0.508 e. The second-order valence-corrected chi connectivity index (χ2v) is 6.40. The molecule has 3 aromatic carbocycles. The molecule has 0 aliphatic carbocycles. The number of anilines is 1. The van der Waals surface area contributed by atoms with Crippen molar-refractivity contribution in [2.75, 3.05) is 11.9 Å². The van der Waals surface area contributed by atoms with Crippen LogP contribution in [0, 0.1) is 0 Å². The van der Waals surface area contributed by atoms with Crippen LogP contribution in [-0.4, -0.2) is 17.6 Å². The van der Waals surface area contributed by atoms with Gasteiger partial charge in [-0.2, -0.15) is 0 Å². The first-order chi connectivity index (χ1) is 13.6. The Balaban J connectivity index is 1.82. The molecule has 1 amide bonds. The molecule has 0 fully saturated rings. The van der Waals surface area contributed by atoms with E-state index in [1.807, 2.05) is 37.3 Å². The molecule has 3 rings (SSSR count). The number of carbonyl (C=O) groups is 1. The number of amides is 1. The van der Waals surface area contributed by atoms with Crippen LogP contribution in [0.3, 0.4) is 0 Å². The van der Waals surface area contributed by atoms with E-state index in [2.05, 4.69) is 5.32 Å². The highest BCUT2D eigenvalue weighted by Gasteiger charge is 2.17. The van der Waals surface area contributed by atoms with Gasteiger partial charge >= 0.3 is 0 Å². The molecule has 5 nitrogen and oxygen atoms in total. The number of rotatable bonds is 7. The Kier molecular flexibility index (Phi) is 6.40. The standard InChI is InChI=1S/C22H20ClNO4/c1-2-27-20-12-16(22(26)24-17-9-6-10-18(25)13-17)11-19(23)21(20)28-14-15-7-4-3-5-8-15/h3-13,25H,2,14H2,1H3,(H,24,26). The lowest BCUT2D eigenvalue weighted by atomic mass is 10.1. The molecule has 0 aliphatic heterocycles. The number of phenols is 1. The number of aromatic hydroxyl groups is 1. The number of nitrogens with one attached hydrogen (secondary N) is 1. The first kappa shape index (κ1) is 19.6. The van der Waals surface area contributed by atoms with Crippen LogP contribution in [0.25, 0.3) is 0 Å². The van der Waals surface area contributed by atoms with Crippen molar-refractivity contribution in [1.82, 2.24) is 0 Å². The quantitative estimate of drug-likeness (QED) is 0.569. The molecule has 0 radical (unpaired) electrons. The zero-order valence-electron chi connectivity index (χ0n) is 15.3. The van der Waals surface area contributed by atoms with Gasteiger partial charge < -0.3 is 19.9 Å². The number of hydrogen-bond donors (Lipinski definition) is 2. The van der Waals surface area contributed by atoms with Gasteiger partial charge in [0.2, 0.25) is 0 Å². The maximum Gasteiger partial charge on any atom is 0.255 e. The minimum atomic E-state index is -0.372. The summed E-state index contributed by atoms with van der Waals surface area (Å²) in [5, 5.41) is 12.5. The van der Waals surface area contributed by atoms with Crippen LogP contribution in [0.5, 0.6) is 17.2 Å². The van der Waals surface area contributed by atoms with Gasteiger partial charge in [0.05, 0.1) is 11.6 Å². The topological polar surface area (TPSA) is 67.8 Å². The highest BCUT2D eigenvalue weighted by atomic mass is 35.5. The molecule has 0 unspecified atom stereocenters. The van der Waals surface area contributed by atoms with Gasteiger partial charge in [0.15, 0.2) is 11.5 Å². The van der Waals surface area contributed by atoms with Crippen molar-refractivity contribution in [3.05, 3.63) is 82.9 Å². The molecule has 0 heterocycles.